The third kappa shape index (κ3) is 4.79. The minimum Gasteiger partial charge on any atom is -0.480 e. The summed E-state index contributed by atoms with van der Waals surface area (Å²) in [6.45, 7) is 3.79. The number of thiophene rings is 4. The van der Waals surface area contributed by atoms with E-state index in [-0.39, 0.29) is 33.4 Å². The molecule has 9 rings (SSSR count). The van der Waals surface area contributed by atoms with Crippen molar-refractivity contribution in [1.29, 1.82) is 0 Å². The number of Topliss-reactive ketones (excluding diaryl/α,β-unsaturated/α-hetero) is 4. The predicted octanol–water partition coefficient (Wildman–Crippen LogP) is 11.2. The minimum absolute atomic E-state index is 0.0512. The maximum Gasteiger partial charge on any atom is 0.416 e. The highest BCUT2D eigenvalue weighted by molar-refractivity contribution is 7.35. The standard InChI is InChI=1S/C37H16F6O5S4/c1-35(2)25-31-23(11-15(49-31)9-21-19-7-13(36(38,39)40)3-5-17(19)26(44)28(21)46)51-33(25)34-30(48-35)32-24(52-34)12-16(50-32)10-22-20-8-14(37(41,42)43)4-6-18(20)27(45)29(22)47/h3-12H,1-2H3/b21-9-,22-10-. The molecule has 0 fully saturated rings. The van der Waals surface area contributed by atoms with E-state index < -0.39 is 52.2 Å². The topological polar surface area (TPSA) is 77.5 Å². The van der Waals surface area contributed by atoms with Crippen LogP contribution in [0.4, 0.5) is 26.3 Å². The Morgan fingerprint density at radius 3 is 1.54 bits per heavy atom. The van der Waals surface area contributed by atoms with Crippen LogP contribution in [0.3, 0.4) is 0 Å². The van der Waals surface area contributed by atoms with Crippen molar-refractivity contribution in [3.63, 3.8) is 0 Å². The molecule has 52 heavy (non-hydrogen) atoms. The molecule has 2 aliphatic carbocycles. The van der Waals surface area contributed by atoms with E-state index in [0.29, 0.717) is 15.5 Å². The van der Waals surface area contributed by atoms with Crippen LogP contribution in [-0.4, -0.2) is 23.1 Å². The number of alkyl halides is 6. The molecule has 4 aromatic heterocycles. The van der Waals surface area contributed by atoms with Crippen LogP contribution in [0.2, 0.25) is 0 Å². The maximum absolute atomic E-state index is 13.5. The fourth-order valence-corrected chi connectivity index (χ4v) is 12.2. The summed E-state index contributed by atoms with van der Waals surface area (Å²) in [5.74, 6) is -2.83. The van der Waals surface area contributed by atoms with E-state index in [9.17, 15) is 45.5 Å². The molecule has 5 nitrogen and oxygen atoms in total. The van der Waals surface area contributed by atoms with E-state index in [4.69, 9.17) is 4.74 Å². The third-order valence-electron chi connectivity index (χ3n) is 9.13. The number of rotatable bonds is 2. The summed E-state index contributed by atoms with van der Waals surface area (Å²) in [7, 11) is 0. The number of carbonyl (C=O) groups excluding carboxylic acids is 4. The Morgan fingerprint density at radius 2 is 1.04 bits per heavy atom. The highest BCUT2D eigenvalue weighted by Crippen LogP contribution is 2.60. The van der Waals surface area contributed by atoms with Crippen molar-refractivity contribution in [3.05, 3.63) is 97.2 Å². The Kier molecular flexibility index (Phi) is 6.81. The quantitative estimate of drug-likeness (QED) is 0.0993. The van der Waals surface area contributed by atoms with E-state index in [0.717, 1.165) is 70.5 Å². The first-order valence-corrected chi connectivity index (χ1v) is 18.5. The van der Waals surface area contributed by atoms with Gasteiger partial charge in [-0.25, -0.2) is 0 Å². The van der Waals surface area contributed by atoms with Crippen LogP contribution in [0.1, 0.15) is 72.1 Å². The van der Waals surface area contributed by atoms with Gasteiger partial charge in [-0.1, -0.05) is 0 Å². The van der Waals surface area contributed by atoms with Gasteiger partial charge in [-0.2, -0.15) is 26.3 Å². The molecule has 5 heterocycles. The second-order valence-corrected chi connectivity index (χ2v) is 17.1. The molecule has 0 amide bonds. The average molecular weight is 783 g/mol. The molecule has 0 atom stereocenters. The monoisotopic (exact) mass is 782 g/mol. The van der Waals surface area contributed by atoms with Crippen LogP contribution < -0.4 is 4.74 Å². The van der Waals surface area contributed by atoms with Gasteiger partial charge in [-0.15, -0.1) is 45.3 Å². The van der Waals surface area contributed by atoms with E-state index >= 15 is 0 Å². The number of allylic oxidation sites excluding steroid dienone is 2. The van der Waals surface area contributed by atoms with Crippen LogP contribution >= 0.6 is 45.3 Å². The molecule has 6 aromatic rings. The van der Waals surface area contributed by atoms with Crippen molar-refractivity contribution in [3.8, 4) is 15.5 Å². The molecule has 1 aliphatic heterocycles. The fourth-order valence-electron chi connectivity index (χ4n) is 6.78. The van der Waals surface area contributed by atoms with Crippen molar-refractivity contribution in [2.45, 2.75) is 31.8 Å². The zero-order valence-electron chi connectivity index (χ0n) is 26.2. The van der Waals surface area contributed by atoms with Gasteiger partial charge in [0.15, 0.2) is 5.75 Å². The van der Waals surface area contributed by atoms with Gasteiger partial charge in [-0.05, 0) is 85.7 Å². The highest BCUT2D eigenvalue weighted by atomic mass is 32.1. The van der Waals surface area contributed by atoms with E-state index in [2.05, 4.69) is 0 Å². The summed E-state index contributed by atoms with van der Waals surface area (Å²) in [5.41, 5.74) is -2.32. The summed E-state index contributed by atoms with van der Waals surface area (Å²) in [6, 6.07) is 8.93. The van der Waals surface area contributed by atoms with E-state index in [1.54, 1.807) is 6.07 Å². The summed E-state index contributed by atoms with van der Waals surface area (Å²) < 4.78 is 90.6. The fraction of sp³-hybridized carbons (Fsp3) is 0.135. The lowest BCUT2D eigenvalue weighted by molar-refractivity contribution is -0.138. The Hall–Kier alpha value is -4.70. The van der Waals surface area contributed by atoms with Gasteiger partial charge >= 0.3 is 12.4 Å². The number of hydrogen-bond donors (Lipinski definition) is 0. The largest absolute Gasteiger partial charge is 0.480 e. The lowest BCUT2D eigenvalue weighted by Gasteiger charge is -2.31. The predicted molar refractivity (Wildman–Crippen MR) is 189 cm³/mol. The van der Waals surface area contributed by atoms with Gasteiger partial charge in [0.05, 0.1) is 35.0 Å². The first kappa shape index (κ1) is 33.2. The Balaban J connectivity index is 1.10. The van der Waals surface area contributed by atoms with Crippen molar-refractivity contribution in [2.75, 3.05) is 0 Å². The average Bonchev–Trinajstić information content (AvgIpc) is 3.88. The molecule has 15 heteroatoms. The second-order valence-electron chi connectivity index (χ2n) is 12.8. The van der Waals surface area contributed by atoms with Crippen molar-refractivity contribution in [1.82, 2.24) is 0 Å². The molecule has 0 spiro atoms. The van der Waals surface area contributed by atoms with Gasteiger partial charge < -0.3 is 4.74 Å². The Labute approximate surface area is 304 Å². The highest BCUT2D eigenvalue weighted by Gasteiger charge is 2.42. The molecule has 0 saturated heterocycles. The van der Waals surface area contributed by atoms with E-state index in [1.165, 1.54) is 57.5 Å². The van der Waals surface area contributed by atoms with E-state index in [1.807, 2.05) is 19.9 Å². The summed E-state index contributed by atoms with van der Waals surface area (Å²) in [5, 5.41) is 0. The minimum atomic E-state index is -4.65. The van der Waals surface area contributed by atoms with Crippen molar-refractivity contribution < 1.29 is 50.3 Å². The number of ketones is 4. The Morgan fingerprint density at radius 1 is 0.577 bits per heavy atom. The number of carbonyl (C=O) groups is 4. The summed E-state index contributed by atoms with van der Waals surface area (Å²) in [6.07, 6.45) is -6.40. The van der Waals surface area contributed by atoms with Gasteiger partial charge in [0.1, 0.15) is 5.60 Å². The molecule has 0 bridgehead atoms. The first-order chi connectivity index (χ1) is 24.4. The molecule has 260 valence electrons. The first-order valence-electron chi connectivity index (χ1n) is 15.3. The second kappa shape index (κ2) is 10.7. The molecule has 0 saturated carbocycles. The van der Waals surface area contributed by atoms with Crippen molar-refractivity contribution in [2.24, 2.45) is 0 Å². The van der Waals surface area contributed by atoms with Crippen LogP contribution in [0, 0.1) is 0 Å². The van der Waals surface area contributed by atoms with Gasteiger partial charge in [0.2, 0.25) is 23.1 Å². The maximum atomic E-state index is 13.5. The van der Waals surface area contributed by atoms with Crippen LogP contribution in [0.25, 0.3) is 51.9 Å². The molecule has 0 N–H and O–H groups in total. The normalized spacial score (nSPS) is 18.2. The zero-order chi connectivity index (χ0) is 36.8. The number of hydrogen-bond acceptors (Lipinski definition) is 9. The summed E-state index contributed by atoms with van der Waals surface area (Å²) in [4.78, 5) is 53.9. The zero-order valence-corrected chi connectivity index (χ0v) is 29.5. The molecule has 2 aromatic carbocycles. The number of fused-ring (bicyclic) bond motifs is 9. The summed E-state index contributed by atoms with van der Waals surface area (Å²) >= 11 is 5.56. The lowest BCUT2D eigenvalue weighted by Crippen LogP contribution is -2.27. The molecular formula is C37H16F6O5S4. The number of benzene rings is 2. The van der Waals surface area contributed by atoms with Crippen LogP contribution in [0.5, 0.6) is 5.75 Å². The molecule has 3 aliphatic rings. The third-order valence-corrected chi connectivity index (χ3v) is 14.0. The van der Waals surface area contributed by atoms with Crippen LogP contribution in [-0.2, 0) is 27.5 Å². The van der Waals surface area contributed by atoms with Crippen molar-refractivity contribution >= 4 is 111 Å². The number of ether oxygens (including phenoxy) is 1. The smallest absolute Gasteiger partial charge is 0.416 e. The molecule has 0 radical (unpaired) electrons. The van der Waals surface area contributed by atoms with Gasteiger partial charge in [-0.3, -0.25) is 19.2 Å². The SMILES string of the molecule is CC1(C)Oc2c(sc3cc(/C=C4\C(=O)C(=O)c5ccc(C(F)(F)F)cc54)sc23)-c2sc3cc(/C=C4\C(=O)C(=O)c5ccc(C(F)(F)F)cc54)sc3c21. The Bertz CT molecular complexity index is 2740. The van der Waals surface area contributed by atoms with Gasteiger partial charge in [0, 0.05) is 42.3 Å². The number of halogens is 6. The van der Waals surface area contributed by atoms with Crippen LogP contribution in [0.15, 0.2) is 48.5 Å². The lowest BCUT2D eigenvalue weighted by atomic mass is 9.95. The van der Waals surface area contributed by atoms with Gasteiger partial charge in [0.25, 0.3) is 0 Å². The molecule has 0 unspecified atom stereocenters. The molecular weight excluding hydrogens is 767 g/mol.